The standard InChI is InChI=1S/C20H20N4O3S/c1-27-17-10-6-5-9-15(17)24-16(14-7-3-2-4-8-14)13-22-20(24)28-12-11-18(25)23-19(21)26/h2-10,13H,11-12H2,1H3,(H3,21,23,25,26). The lowest BCUT2D eigenvalue weighted by Gasteiger charge is -2.15. The van der Waals surface area contributed by atoms with E-state index >= 15 is 0 Å². The molecule has 1 aromatic heterocycles. The number of nitrogens with zero attached hydrogens (tertiary/aromatic N) is 2. The van der Waals surface area contributed by atoms with Gasteiger partial charge in [0.1, 0.15) is 5.75 Å². The number of imidazole rings is 1. The molecule has 0 aliphatic heterocycles. The average Bonchev–Trinajstić information content (AvgIpc) is 3.11. The highest BCUT2D eigenvalue weighted by atomic mass is 32.2. The Morgan fingerprint density at radius 1 is 1.14 bits per heavy atom. The Morgan fingerprint density at radius 2 is 1.86 bits per heavy atom. The summed E-state index contributed by atoms with van der Waals surface area (Å²) < 4.78 is 7.53. The van der Waals surface area contributed by atoms with Gasteiger partial charge in [-0.15, -0.1) is 0 Å². The highest BCUT2D eigenvalue weighted by molar-refractivity contribution is 7.99. The Bertz CT molecular complexity index is 973. The lowest BCUT2D eigenvalue weighted by atomic mass is 10.1. The fraction of sp³-hybridized carbons (Fsp3) is 0.150. The van der Waals surface area contributed by atoms with Gasteiger partial charge in [0, 0.05) is 17.7 Å². The van der Waals surface area contributed by atoms with E-state index < -0.39 is 11.9 Å². The summed E-state index contributed by atoms with van der Waals surface area (Å²) in [6.45, 7) is 0. The second kappa shape index (κ2) is 9.09. The van der Waals surface area contributed by atoms with Crippen LogP contribution < -0.4 is 15.8 Å². The molecule has 7 nitrogen and oxygen atoms in total. The number of imide groups is 1. The monoisotopic (exact) mass is 396 g/mol. The van der Waals surface area contributed by atoms with Gasteiger partial charge in [-0.25, -0.2) is 9.78 Å². The number of hydrogen-bond acceptors (Lipinski definition) is 5. The predicted molar refractivity (Wildman–Crippen MR) is 109 cm³/mol. The maximum Gasteiger partial charge on any atom is 0.318 e. The molecule has 2 aromatic carbocycles. The summed E-state index contributed by atoms with van der Waals surface area (Å²) in [5, 5.41) is 2.78. The van der Waals surface area contributed by atoms with Crippen molar-refractivity contribution in [3.8, 4) is 22.7 Å². The number of carbonyl (C=O) groups is 2. The molecule has 0 atom stereocenters. The van der Waals surface area contributed by atoms with Crippen LogP contribution in [0.25, 0.3) is 16.9 Å². The second-order valence-electron chi connectivity index (χ2n) is 5.81. The number of amides is 3. The number of para-hydroxylation sites is 2. The minimum absolute atomic E-state index is 0.146. The number of aromatic nitrogens is 2. The number of nitrogens with two attached hydrogens (primary N) is 1. The molecule has 3 rings (SSSR count). The van der Waals surface area contributed by atoms with E-state index in [-0.39, 0.29) is 6.42 Å². The molecule has 0 aliphatic rings. The van der Waals surface area contributed by atoms with Gasteiger partial charge >= 0.3 is 6.03 Å². The first-order chi connectivity index (χ1) is 13.6. The lowest BCUT2D eigenvalue weighted by Crippen LogP contribution is -2.35. The summed E-state index contributed by atoms with van der Waals surface area (Å²) in [5.41, 5.74) is 7.74. The molecule has 0 aliphatic carbocycles. The molecule has 3 aromatic rings. The second-order valence-corrected chi connectivity index (χ2v) is 6.87. The van der Waals surface area contributed by atoms with Crippen LogP contribution in [0.3, 0.4) is 0 Å². The first-order valence-electron chi connectivity index (χ1n) is 8.58. The first-order valence-corrected chi connectivity index (χ1v) is 9.57. The number of rotatable bonds is 7. The van der Waals surface area contributed by atoms with E-state index in [0.717, 1.165) is 22.1 Å². The van der Waals surface area contributed by atoms with Gasteiger partial charge in [0.25, 0.3) is 0 Å². The van der Waals surface area contributed by atoms with Crippen molar-refractivity contribution in [1.82, 2.24) is 14.9 Å². The van der Waals surface area contributed by atoms with E-state index in [2.05, 4.69) is 10.3 Å². The summed E-state index contributed by atoms with van der Waals surface area (Å²) in [6.07, 6.45) is 1.95. The number of methoxy groups -OCH3 is 1. The molecule has 0 bridgehead atoms. The average molecular weight is 396 g/mol. The fourth-order valence-electron chi connectivity index (χ4n) is 2.73. The highest BCUT2D eigenvalue weighted by Crippen LogP contribution is 2.33. The third-order valence-electron chi connectivity index (χ3n) is 3.95. The molecule has 0 spiro atoms. The molecule has 1 heterocycles. The SMILES string of the molecule is COc1ccccc1-n1c(-c2ccccc2)cnc1SCCC(=O)NC(N)=O. The Balaban J connectivity index is 1.94. The van der Waals surface area contributed by atoms with Crippen molar-refractivity contribution >= 4 is 23.7 Å². The molecule has 0 saturated carbocycles. The number of primary amides is 1. The minimum Gasteiger partial charge on any atom is -0.495 e. The molecule has 8 heteroatoms. The molecular weight excluding hydrogens is 376 g/mol. The molecular formula is C20H20N4O3S. The first kappa shape index (κ1) is 19.5. The van der Waals surface area contributed by atoms with Crippen molar-refractivity contribution in [1.29, 1.82) is 0 Å². The van der Waals surface area contributed by atoms with Gasteiger partial charge < -0.3 is 10.5 Å². The third kappa shape index (κ3) is 4.52. The van der Waals surface area contributed by atoms with Crippen LogP contribution in [-0.4, -0.2) is 34.4 Å². The summed E-state index contributed by atoms with van der Waals surface area (Å²) >= 11 is 1.42. The largest absolute Gasteiger partial charge is 0.495 e. The van der Waals surface area contributed by atoms with Crippen molar-refractivity contribution in [3.63, 3.8) is 0 Å². The van der Waals surface area contributed by atoms with E-state index in [1.165, 1.54) is 11.8 Å². The molecule has 0 radical (unpaired) electrons. The summed E-state index contributed by atoms with van der Waals surface area (Å²) in [4.78, 5) is 27.0. The topological polar surface area (TPSA) is 99.2 Å². The van der Waals surface area contributed by atoms with E-state index in [1.54, 1.807) is 13.3 Å². The Kier molecular flexibility index (Phi) is 6.33. The summed E-state index contributed by atoms with van der Waals surface area (Å²) in [6, 6.07) is 16.7. The summed E-state index contributed by atoms with van der Waals surface area (Å²) in [5.74, 6) is 0.740. The van der Waals surface area contributed by atoms with E-state index in [0.29, 0.717) is 11.5 Å². The maximum atomic E-state index is 11.7. The van der Waals surface area contributed by atoms with Crippen LogP contribution >= 0.6 is 11.8 Å². The highest BCUT2D eigenvalue weighted by Gasteiger charge is 2.17. The van der Waals surface area contributed by atoms with Crippen LogP contribution in [0.5, 0.6) is 5.75 Å². The van der Waals surface area contributed by atoms with Gasteiger partial charge in [0.15, 0.2) is 5.16 Å². The van der Waals surface area contributed by atoms with Gasteiger partial charge in [0.05, 0.1) is 24.7 Å². The van der Waals surface area contributed by atoms with Gasteiger partial charge in [-0.05, 0) is 12.1 Å². The van der Waals surface area contributed by atoms with Crippen molar-refractivity contribution in [3.05, 3.63) is 60.8 Å². The lowest BCUT2D eigenvalue weighted by molar-refractivity contribution is -0.119. The minimum atomic E-state index is -0.850. The molecule has 0 saturated heterocycles. The number of nitrogens with one attached hydrogen (secondary N) is 1. The van der Waals surface area contributed by atoms with E-state index in [4.69, 9.17) is 10.5 Å². The summed E-state index contributed by atoms with van der Waals surface area (Å²) in [7, 11) is 1.62. The number of hydrogen-bond donors (Lipinski definition) is 2. The predicted octanol–water partition coefficient (Wildman–Crippen LogP) is 3.22. The van der Waals surface area contributed by atoms with Crippen LogP contribution in [0.15, 0.2) is 66.0 Å². The number of urea groups is 1. The number of ether oxygens (including phenoxy) is 1. The number of benzene rings is 2. The number of carbonyl (C=O) groups excluding carboxylic acids is 2. The normalized spacial score (nSPS) is 10.5. The smallest absolute Gasteiger partial charge is 0.318 e. The molecule has 3 N–H and O–H groups in total. The van der Waals surface area contributed by atoms with E-state index in [9.17, 15) is 9.59 Å². The van der Waals surface area contributed by atoms with Gasteiger partial charge in [-0.1, -0.05) is 54.2 Å². The van der Waals surface area contributed by atoms with Crippen LogP contribution in [0, 0.1) is 0 Å². The molecule has 144 valence electrons. The molecule has 0 fully saturated rings. The van der Waals surface area contributed by atoms with Gasteiger partial charge in [-0.3, -0.25) is 14.7 Å². The Hall–Kier alpha value is -3.26. The van der Waals surface area contributed by atoms with Crippen LogP contribution in [0.4, 0.5) is 4.79 Å². The Morgan fingerprint density at radius 3 is 2.57 bits per heavy atom. The maximum absolute atomic E-state index is 11.7. The van der Waals surface area contributed by atoms with Crippen molar-refractivity contribution in [2.24, 2.45) is 5.73 Å². The van der Waals surface area contributed by atoms with E-state index in [1.807, 2.05) is 59.2 Å². The van der Waals surface area contributed by atoms with Gasteiger partial charge in [0.2, 0.25) is 5.91 Å². The zero-order valence-electron chi connectivity index (χ0n) is 15.3. The quantitative estimate of drug-likeness (QED) is 0.598. The van der Waals surface area contributed by atoms with Crippen molar-refractivity contribution in [2.75, 3.05) is 12.9 Å². The van der Waals surface area contributed by atoms with Crippen LogP contribution in [-0.2, 0) is 4.79 Å². The molecule has 28 heavy (non-hydrogen) atoms. The fourth-order valence-corrected chi connectivity index (χ4v) is 3.65. The number of thioether (sulfide) groups is 1. The zero-order valence-corrected chi connectivity index (χ0v) is 16.1. The Labute approximate surface area is 166 Å². The van der Waals surface area contributed by atoms with Crippen molar-refractivity contribution in [2.45, 2.75) is 11.6 Å². The van der Waals surface area contributed by atoms with Crippen LogP contribution in [0.1, 0.15) is 6.42 Å². The third-order valence-corrected chi connectivity index (χ3v) is 4.90. The molecule has 3 amide bonds. The van der Waals surface area contributed by atoms with Crippen LogP contribution in [0.2, 0.25) is 0 Å². The van der Waals surface area contributed by atoms with Crippen molar-refractivity contribution < 1.29 is 14.3 Å². The zero-order chi connectivity index (χ0) is 19.9. The van der Waals surface area contributed by atoms with Gasteiger partial charge in [-0.2, -0.15) is 0 Å². The molecule has 0 unspecified atom stereocenters.